The van der Waals surface area contributed by atoms with Gasteiger partial charge in [-0.2, -0.15) is 0 Å². The van der Waals surface area contributed by atoms with E-state index in [0.717, 1.165) is 11.1 Å². The van der Waals surface area contributed by atoms with Crippen LogP contribution in [0.4, 0.5) is 5.69 Å². The molecule has 7 nitrogen and oxygen atoms in total. The van der Waals surface area contributed by atoms with Crippen molar-refractivity contribution in [1.82, 2.24) is 4.90 Å². The number of nitrogens with zero attached hydrogens (tertiary/aromatic N) is 2. The Kier molecular flexibility index (Phi) is 7.61. The molecule has 192 valence electrons. The van der Waals surface area contributed by atoms with Crippen molar-refractivity contribution in [3.63, 3.8) is 0 Å². The number of likely N-dealkylation sites (N-methyl/N-ethyl adjacent to an activating group) is 1. The number of Topliss-reactive ketones (excluding diaryl/α,β-unsaturated/α-hetero) is 1. The number of benzene rings is 2. The molecule has 2 aromatic carbocycles. The van der Waals surface area contributed by atoms with Gasteiger partial charge < -0.3 is 15.1 Å². The lowest BCUT2D eigenvalue weighted by molar-refractivity contribution is -0.119. The Morgan fingerprint density at radius 3 is 2.35 bits per heavy atom. The number of aliphatic hydroxyl groups excluding tert-OH is 2. The van der Waals surface area contributed by atoms with Gasteiger partial charge >= 0.3 is 0 Å². The topological polar surface area (TPSA) is 98.2 Å². The van der Waals surface area contributed by atoms with Crippen LogP contribution in [0.15, 0.2) is 71.3 Å². The first-order valence-corrected chi connectivity index (χ1v) is 12.9. The molecule has 0 bridgehead atoms. The van der Waals surface area contributed by atoms with Crippen molar-refractivity contribution in [2.75, 3.05) is 25.1 Å². The Labute approximate surface area is 220 Å². The zero-order chi connectivity index (χ0) is 26.9. The summed E-state index contributed by atoms with van der Waals surface area (Å²) in [4.78, 5) is 44.0. The number of aryl methyl sites for hydroxylation is 1. The molecule has 1 aliphatic heterocycles. The predicted molar refractivity (Wildman–Crippen MR) is 145 cm³/mol. The smallest absolute Gasteiger partial charge is 0.294 e. The third-order valence-corrected chi connectivity index (χ3v) is 7.34. The second kappa shape index (κ2) is 10.7. The first kappa shape index (κ1) is 26.3. The lowest BCUT2D eigenvalue weighted by Crippen LogP contribution is -2.35. The van der Waals surface area contributed by atoms with Gasteiger partial charge in [0.2, 0.25) is 0 Å². The summed E-state index contributed by atoms with van der Waals surface area (Å²) in [6.07, 6.45) is 0. The second-order valence-corrected chi connectivity index (χ2v) is 10.5. The highest BCUT2D eigenvalue weighted by molar-refractivity contribution is 7.10. The highest BCUT2D eigenvalue weighted by Crippen LogP contribution is 2.43. The average molecular weight is 519 g/mol. The normalized spacial score (nSPS) is 15.6. The quantitative estimate of drug-likeness (QED) is 0.441. The zero-order valence-electron chi connectivity index (χ0n) is 21.3. The summed E-state index contributed by atoms with van der Waals surface area (Å²) in [6.45, 7) is 5.37. The maximum atomic E-state index is 13.4. The van der Waals surface area contributed by atoms with Crippen LogP contribution in [0.2, 0.25) is 0 Å². The van der Waals surface area contributed by atoms with Crippen LogP contribution in [-0.4, -0.2) is 52.9 Å². The Morgan fingerprint density at radius 1 is 1.08 bits per heavy atom. The standard InChI is InChI=1S/C29H30N2O5S/c1-17(2)26(33)24-25(22-7-5-6-8-23(22)28(35)30(4)13-14-32)31(29(36)27(24)34)21-11-9-19(10-12-21)20-15-18(3)37-16-20/h5-12,15-17,25,32,34H,13-14H2,1-4H3. The maximum Gasteiger partial charge on any atom is 0.294 e. The Balaban J connectivity index is 1.85. The molecule has 0 spiro atoms. The molecule has 37 heavy (non-hydrogen) atoms. The molecule has 0 saturated carbocycles. The van der Waals surface area contributed by atoms with E-state index in [1.54, 1.807) is 68.6 Å². The van der Waals surface area contributed by atoms with Crippen molar-refractivity contribution >= 4 is 34.6 Å². The summed E-state index contributed by atoms with van der Waals surface area (Å²) in [5.41, 5.74) is 3.23. The molecule has 1 unspecified atom stereocenters. The molecule has 2 heterocycles. The average Bonchev–Trinajstić information content (AvgIpc) is 3.44. The lowest BCUT2D eigenvalue weighted by Gasteiger charge is -2.29. The number of aliphatic hydroxyl groups is 2. The largest absolute Gasteiger partial charge is 0.503 e. The molecule has 1 aromatic heterocycles. The SMILES string of the molecule is Cc1cc(-c2ccc(N3C(=O)C(O)=C(C(=O)C(C)C)C3c3ccccc3C(=O)N(C)CCO)cc2)cs1. The first-order valence-electron chi connectivity index (χ1n) is 12.1. The third-order valence-electron chi connectivity index (χ3n) is 6.48. The lowest BCUT2D eigenvalue weighted by atomic mass is 9.88. The number of anilines is 1. The van der Waals surface area contributed by atoms with Gasteiger partial charge in [-0.15, -0.1) is 11.3 Å². The highest BCUT2D eigenvalue weighted by atomic mass is 32.1. The van der Waals surface area contributed by atoms with E-state index in [9.17, 15) is 24.6 Å². The van der Waals surface area contributed by atoms with Crippen molar-refractivity contribution in [1.29, 1.82) is 0 Å². The Morgan fingerprint density at radius 2 is 1.76 bits per heavy atom. The summed E-state index contributed by atoms with van der Waals surface area (Å²) in [5.74, 6) is -2.50. The van der Waals surface area contributed by atoms with Gasteiger partial charge in [0.25, 0.3) is 11.8 Å². The highest BCUT2D eigenvalue weighted by Gasteiger charge is 2.46. The molecule has 0 fully saturated rings. The van der Waals surface area contributed by atoms with E-state index in [1.165, 1.54) is 14.7 Å². The minimum atomic E-state index is -0.987. The summed E-state index contributed by atoms with van der Waals surface area (Å²) in [7, 11) is 1.57. The van der Waals surface area contributed by atoms with Gasteiger partial charge in [-0.05, 0) is 53.3 Å². The molecule has 0 radical (unpaired) electrons. The van der Waals surface area contributed by atoms with Crippen LogP contribution in [0.1, 0.15) is 40.7 Å². The van der Waals surface area contributed by atoms with Gasteiger partial charge in [0.15, 0.2) is 11.5 Å². The predicted octanol–water partition coefficient (Wildman–Crippen LogP) is 4.91. The number of hydrogen-bond donors (Lipinski definition) is 2. The fraction of sp³-hybridized carbons (Fsp3) is 0.276. The monoisotopic (exact) mass is 518 g/mol. The molecule has 1 atom stereocenters. The second-order valence-electron chi connectivity index (χ2n) is 9.39. The minimum absolute atomic E-state index is 0.0254. The van der Waals surface area contributed by atoms with Crippen molar-refractivity contribution in [2.24, 2.45) is 5.92 Å². The molecule has 0 saturated heterocycles. The molecule has 4 rings (SSSR count). The molecular weight excluding hydrogens is 488 g/mol. The van der Waals surface area contributed by atoms with Crippen LogP contribution >= 0.6 is 11.3 Å². The fourth-order valence-electron chi connectivity index (χ4n) is 4.53. The Hall–Kier alpha value is -3.75. The van der Waals surface area contributed by atoms with Crippen LogP contribution in [-0.2, 0) is 9.59 Å². The van der Waals surface area contributed by atoms with Crippen LogP contribution < -0.4 is 4.90 Å². The number of ketones is 1. The maximum absolute atomic E-state index is 13.4. The number of thiophene rings is 1. The molecular formula is C29H30N2O5S. The molecule has 0 aliphatic carbocycles. The number of amides is 2. The van der Waals surface area contributed by atoms with Crippen molar-refractivity contribution < 1.29 is 24.6 Å². The van der Waals surface area contributed by atoms with Crippen LogP contribution in [0.5, 0.6) is 0 Å². The molecule has 2 N–H and O–H groups in total. The number of rotatable bonds is 8. The number of carbonyl (C=O) groups excluding carboxylic acids is 3. The van der Waals surface area contributed by atoms with Crippen LogP contribution in [0.25, 0.3) is 11.1 Å². The van der Waals surface area contributed by atoms with Crippen LogP contribution in [0, 0.1) is 12.8 Å². The first-order chi connectivity index (χ1) is 17.6. The van der Waals surface area contributed by atoms with E-state index in [2.05, 4.69) is 11.4 Å². The van der Waals surface area contributed by atoms with Gasteiger partial charge in [0, 0.05) is 35.6 Å². The van der Waals surface area contributed by atoms with Crippen molar-refractivity contribution in [2.45, 2.75) is 26.8 Å². The van der Waals surface area contributed by atoms with Gasteiger partial charge in [-0.25, -0.2) is 0 Å². The van der Waals surface area contributed by atoms with E-state index < -0.39 is 23.6 Å². The molecule has 3 aromatic rings. The van der Waals surface area contributed by atoms with Crippen molar-refractivity contribution in [3.8, 4) is 11.1 Å². The number of carbonyl (C=O) groups is 3. The van der Waals surface area contributed by atoms with E-state index >= 15 is 0 Å². The van der Waals surface area contributed by atoms with E-state index in [-0.39, 0.29) is 36.0 Å². The fourth-order valence-corrected chi connectivity index (χ4v) is 5.24. The Bertz CT molecular complexity index is 1370. The van der Waals surface area contributed by atoms with Gasteiger partial charge in [0.1, 0.15) is 0 Å². The summed E-state index contributed by atoms with van der Waals surface area (Å²) in [6, 6.07) is 15.2. The van der Waals surface area contributed by atoms with Gasteiger partial charge in [0.05, 0.1) is 18.2 Å². The number of hydrogen-bond acceptors (Lipinski definition) is 6. The molecule has 8 heteroatoms. The summed E-state index contributed by atoms with van der Waals surface area (Å²) in [5, 5.41) is 22.3. The van der Waals surface area contributed by atoms with Crippen molar-refractivity contribution in [3.05, 3.63) is 87.3 Å². The minimum Gasteiger partial charge on any atom is -0.503 e. The van der Waals surface area contributed by atoms with E-state index in [0.29, 0.717) is 11.3 Å². The molecule has 1 aliphatic rings. The summed E-state index contributed by atoms with van der Waals surface area (Å²) < 4.78 is 0. The third kappa shape index (κ3) is 4.95. The molecule has 2 amide bonds. The van der Waals surface area contributed by atoms with Gasteiger partial charge in [-0.3, -0.25) is 19.3 Å². The summed E-state index contributed by atoms with van der Waals surface area (Å²) >= 11 is 1.65. The van der Waals surface area contributed by atoms with E-state index in [4.69, 9.17) is 0 Å². The van der Waals surface area contributed by atoms with Crippen LogP contribution in [0.3, 0.4) is 0 Å². The zero-order valence-corrected chi connectivity index (χ0v) is 22.1. The van der Waals surface area contributed by atoms with Gasteiger partial charge in [-0.1, -0.05) is 44.2 Å². The van der Waals surface area contributed by atoms with E-state index in [1.807, 2.05) is 19.1 Å².